The van der Waals surface area contributed by atoms with Crippen molar-refractivity contribution in [3.63, 3.8) is 0 Å². The molecule has 2 heteroatoms. The lowest BCUT2D eigenvalue weighted by Crippen LogP contribution is -2.42. The Morgan fingerprint density at radius 3 is 2.56 bits per heavy atom. The van der Waals surface area contributed by atoms with Crippen molar-refractivity contribution in [2.75, 3.05) is 26.2 Å². The van der Waals surface area contributed by atoms with Crippen molar-refractivity contribution in [1.82, 2.24) is 10.2 Å². The van der Waals surface area contributed by atoms with E-state index >= 15 is 0 Å². The van der Waals surface area contributed by atoms with E-state index in [1.807, 2.05) is 0 Å². The highest BCUT2D eigenvalue weighted by molar-refractivity contribution is 5.93. The molecular formula is C16H18N2. The molecule has 3 rings (SSSR count). The third-order valence-electron chi connectivity index (χ3n) is 3.60. The van der Waals surface area contributed by atoms with Gasteiger partial charge >= 0.3 is 0 Å². The van der Waals surface area contributed by atoms with Crippen LogP contribution in [0.3, 0.4) is 0 Å². The van der Waals surface area contributed by atoms with Gasteiger partial charge in [0.25, 0.3) is 0 Å². The summed E-state index contributed by atoms with van der Waals surface area (Å²) in [4.78, 5) is 2.37. The maximum atomic E-state index is 4.30. The zero-order valence-electron chi connectivity index (χ0n) is 10.5. The Hall–Kier alpha value is -1.80. The summed E-state index contributed by atoms with van der Waals surface area (Å²) in [7, 11) is 0. The highest BCUT2D eigenvalue weighted by atomic mass is 15.2. The van der Waals surface area contributed by atoms with Crippen LogP contribution in [0.2, 0.25) is 0 Å². The Labute approximate surface area is 108 Å². The van der Waals surface area contributed by atoms with Gasteiger partial charge in [-0.15, -0.1) is 0 Å². The van der Waals surface area contributed by atoms with Gasteiger partial charge in [0.2, 0.25) is 0 Å². The SMILES string of the molecule is C=C(c1cccc2ccccc12)N1CCNCC1. The molecule has 2 aromatic carbocycles. The first kappa shape index (κ1) is 11.3. The Bertz CT molecular complexity index is 563. The van der Waals surface area contributed by atoms with Crippen LogP contribution in [0.25, 0.3) is 16.5 Å². The van der Waals surface area contributed by atoms with Crippen LogP contribution in [0.15, 0.2) is 49.0 Å². The minimum atomic E-state index is 1.04. The molecule has 1 saturated heterocycles. The van der Waals surface area contributed by atoms with E-state index in [0.29, 0.717) is 0 Å². The molecular weight excluding hydrogens is 220 g/mol. The fourth-order valence-corrected chi connectivity index (χ4v) is 2.58. The molecule has 0 bridgehead atoms. The van der Waals surface area contributed by atoms with Gasteiger partial charge in [-0.25, -0.2) is 0 Å². The highest BCUT2D eigenvalue weighted by Crippen LogP contribution is 2.26. The molecule has 18 heavy (non-hydrogen) atoms. The summed E-state index contributed by atoms with van der Waals surface area (Å²) in [6, 6.07) is 15.0. The molecule has 1 aliphatic heterocycles. The molecule has 0 aromatic heterocycles. The van der Waals surface area contributed by atoms with Crippen molar-refractivity contribution in [1.29, 1.82) is 0 Å². The number of hydrogen-bond donors (Lipinski definition) is 1. The second-order valence-electron chi connectivity index (χ2n) is 4.71. The molecule has 0 aliphatic carbocycles. The average molecular weight is 238 g/mol. The molecule has 2 aromatic rings. The molecule has 0 unspecified atom stereocenters. The smallest absolute Gasteiger partial charge is 0.0373 e. The summed E-state index contributed by atoms with van der Waals surface area (Å²) >= 11 is 0. The van der Waals surface area contributed by atoms with Gasteiger partial charge in [-0.2, -0.15) is 0 Å². The third kappa shape index (κ3) is 2.00. The van der Waals surface area contributed by atoms with Crippen LogP contribution >= 0.6 is 0 Å². The van der Waals surface area contributed by atoms with Gasteiger partial charge in [0, 0.05) is 37.4 Å². The Morgan fingerprint density at radius 2 is 1.72 bits per heavy atom. The van der Waals surface area contributed by atoms with E-state index in [2.05, 4.69) is 59.3 Å². The van der Waals surface area contributed by atoms with Gasteiger partial charge in [0.05, 0.1) is 0 Å². The van der Waals surface area contributed by atoms with Gasteiger partial charge in [-0.05, 0) is 10.8 Å². The molecule has 1 aliphatic rings. The average Bonchev–Trinajstić information content (AvgIpc) is 2.47. The monoisotopic (exact) mass is 238 g/mol. The molecule has 0 radical (unpaired) electrons. The van der Waals surface area contributed by atoms with E-state index in [1.54, 1.807) is 0 Å². The van der Waals surface area contributed by atoms with E-state index in [0.717, 1.165) is 31.9 Å². The topological polar surface area (TPSA) is 15.3 Å². The predicted molar refractivity (Wildman–Crippen MR) is 77.4 cm³/mol. The molecule has 1 N–H and O–H groups in total. The van der Waals surface area contributed by atoms with Gasteiger partial charge in [-0.3, -0.25) is 0 Å². The van der Waals surface area contributed by atoms with Crippen LogP contribution in [0.1, 0.15) is 5.56 Å². The number of nitrogens with zero attached hydrogens (tertiary/aromatic N) is 1. The zero-order valence-corrected chi connectivity index (χ0v) is 10.5. The first-order valence-corrected chi connectivity index (χ1v) is 6.49. The van der Waals surface area contributed by atoms with Crippen molar-refractivity contribution in [2.24, 2.45) is 0 Å². The largest absolute Gasteiger partial charge is 0.369 e. The van der Waals surface area contributed by atoms with Crippen LogP contribution < -0.4 is 5.32 Å². The van der Waals surface area contributed by atoms with Gasteiger partial charge in [-0.1, -0.05) is 49.0 Å². The van der Waals surface area contributed by atoms with Gasteiger partial charge in [0.1, 0.15) is 0 Å². The molecule has 2 nitrogen and oxygen atoms in total. The van der Waals surface area contributed by atoms with Gasteiger partial charge in [0.15, 0.2) is 0 Å². The van der Waals surface area contributed by atoms with Crippen molar-refractivity contribution >= 4 is 16.5 Å². The number of benzene rings is 2. The van der Waals surface area contributed by atoms with Crippen molar-refractivity contribution < 1.29 is 0 Å². The maximum absolute atomic E-state index is 4.30. The van der Waals surface area contributed by atoms with E-state index in [4.69, 9.17) is 0 Å². The molecule has 0 amide bonds. The maximum Gasteiger partial charge on any atom is 0.0373 e. The number of hydrogen-bond acceptors (Lipinski definition) is 2. The van der Waals surface area contributed by atoms with Gasteiger partial charge < -0.3 is 10.2 Å². The second-order valence-corrected chi connectivity index (χ2v) is 4.71. The standard InChI is InChI=1S/C16H18N2/c1-13(18-11-9-17-10-12-18)15-8-4-6-14-5-2-3-7-16(14)15/h2-8,17H,1,9-12H2. The summed E-state index contributed by atoms with van der Waals surface area (Å²) in [6.07, 6.45) is 0. The van der Waals surface area contributed by atoms with Crippen LogP contribution in [-0.4, -0.2) is 31.1 Å². The first-order valence-electron chi connectivity index (χ1n) is 6.49. The van der Waals surface area contributed by atoms with Crippen molar-refractivity contribution in [3.8, 4) is 0 Å². The summed E-state index contributed by atoms with van der Waals surface area (Å²) < 4.78 is 0. The Morgan fingerprint density at radius 1 is 1.00 bits per heavy atom. The van der Waals surface area contributed by atoms with E-state index in [9.17, 15) is 0 Å². The summed E-state index contributed by atoms with van der Waals surface area (Å²) in [5.41, 5.74) is 2.41. The highest BCUT2D eigenvalue weighted by Gasteiger charge is 2.14. The lowest BCUT2D eigenvalue weighted by atomic mass is 10.0. The summed E-state index contributed by atoms with van der Waals surface area (Å²) in [5, 5.41) is 5.95. The Kier molecular flexibility index (Phi) is 3.03. The van der Waals surface area contributed by atoms with E-state index < -0.39 is 0 Å². The number of fused-ring (bicyclic) bond motifs is 1. The molecule has 1 fully saturated rings. The fraction of sp³-hybridized carbons (Fsp3) is 0.250. The van der Waals surface area contributed by atoms with E-state index in [-0.39, 0.29) is 0 Å². The lowest BCUT2D eigenvalue weighted by Gasteiger charge is -2.31. The second kappa shape index (κ2) is 4.83. The van der Waals surface area contributed by atoms with Crippen molar-refractivity contribution in [2.45, 2.75) is 0 Å². The van der Waals surface area contributed by atoms with Crippen LogP contribution in [0.4, 0.5) is 0 Å². The predicted octanol–water partition coefficient (Wildman–Crippen LogP) is 2.72. The zero-order chi connectivity index (χ0) is 12.4. The number of piperazine rings is 1. The molecule has 0 saturated carbocycles. The summed E-state index contributed by atoms with van der Waals surface area (Å²) in [6.45, 7) is 8.48. The van der Waals surface area contributed by atoms with Crippen molar-refractivity contribution in [3.05, 3.63) is 54.6 Å². The number of rotatable bonds is 2. The van der Waals surface area contributed by atoms with Crippen LogP contribution in [0.5, 0.6) is 0 Å². The molecule has 0 spiro atoms. The molecule has 0 atom stereocenters. The third-order valence-corrected chi connectivity index (χ3v) is 3.60. The molecule has 92 valence electrons. The fourth-order valence-electron chi connectivity index (χ4n) is 2.58. The number of nitrogens with one attached hydrogen (secondary N) is 1. The van der Waals surface area contributed by atoms with E-state index in [1.165, 1.54) is 16.3 Å². The molecule has 1 heterocycles. The minimum Gasteiger partial charge on any atom is -0.369 e. The first-order chi connectivity index (χ1) is 8.86. The van der Waals surface area contributed by atoms with Crippen LogP contribution in [0, 0.1) is 0 Å². The summed E-state index contributed by atoms with van der Waals surface area (Å²) in [5.74, 6) is 0. The minimum absolute atomic E-state index is 1.04. The normalized spacial score (nSPS) is 15.9. The quantitative estimate of drug-likeness (QED) is 0.865. The van der Waals surface area contributed by atoms with Crippen LogP contribution in [-0.2, 0) is 0 Å². The Balaban J connectivity index is 2.00. The lowest BCUT2D eigenvalue weighted by molar-refractivity contribution is 0.342.